The second kappa shape index (κ2) is 8.08. The number of aromatic nitrogens is 2. The predicted octanol–water partition coefficient (Wildman–Crippen LogP) is -0.353. The van der Waals surface area contributed by atoms with Crippen LogP contribution in [0.3, 0.4) is 0 Å². The van der Waals surface area contributed by atoms with Gasteiger partial charge in [0.2, 0.25) is 17.8 Å². The zero-order valence-electron chi connectivity index (χ0n) is 16.1. The van der Waals surface area contributed by atoms with Crippen molar-refractivity contribution < 1.29 is 14.3 Å². The normalized spacial score (nSPS) is 22.6. The highest BCUT2D eigenvalue weighted by molar-refractivity contribution is 5.89. The van der Waals surface area contributed by atoms with Crippen molar-refractivity contribution in [3.63, 3.8) is 0 Å². The van der Waals surface area contributed by atoms with Crippen LogP contribution < -0.4 is 10.5 Å². The minimum atomic E-state index is -0.294. The van der Waals surface area contributed by atoms with E-state index < -0.39 is 0 Å². The standard InChI is InChI=1S/C18H27N5O4/c1-21(2)18-19-14(9-15(24)20-18)12-4-5-23(10-12)17(26)13-8-16(25)22(11-13)6-7-27-3/h9,12-13H,4-8,10-11H2,1-3H3,(H,19,20,24). The van der Waals surface area contributed by atoms with Crippen LogP contribution in [0.5, 0.6) is 0 Å². The Bertz CT molecular complexity index is 762. The molecule has 0 saturated carbocycles. The van der Waals surface area contributed by atoms with Crippen molar-refractivity contribution in [3.05, 3.63) is 22.1 Å². The van der Waals surface area contributed by atoms with Crippen molar-refractivity contribution >= 4 is 17.8 Å². The molecule has 1 N–H and O–H groups in total. The van der Waals surface area contributed by atoms with E-state index in [0.29, 0.717) is 44.4 Å². The number of hydrogen-bond donors (Lipinski definition) is 1. The number of hydrogen-bond acceptors (Lipinski definition) is 6. The van der Waals surface area contributed by atoms with Gasteiger partial charge in [-0.15, -0.1) is 0 Å². The first-order chi connectivity index (χ1) is 12.9. The van der Waals surface area contributed by atoms with E-state index in [1.165, 1.54) is 6.07 Å². The van der Waals surface area contributed by atoms with Crippen LogP contribution in [-0.4, -0.2) is 85.6 Å². The summed E-state index contributed by atoms with van der Waals surface area (Å²) in [5, 5.41) is 0. The maximum absolute atomic E-state index is 12.9. The molecule has 2 unspecified atom stereocenters. The first-order valence-corrected chi connectivity index (χ1v) is 9.23. The molecule has 148 valence electrons. The van der Waals surface area contributed by atoms with E-state index in [1.807, 2.05) is 14.1 Å². The number of amides is 2. The summed E-state index contributed by atoms with van der Waals surface area (Å²) in [4.78, 5) is 49.3. The number of anilines is 1. The lowest BCUT2D eigenvalue weighted by atomic mass is 10.0. The number of nitrogens with one attached hydrogen (secondary N) is 1. The third-order valence-corrected chi connectivity index (χ3v) is 5.22. The second-order valence-corrected chi connectivity index (χ2v) is 7.39. The first-order valence-electron chi connectivity index (χ1n) is 9.23. The van der Waals surface area contributed by atoms with Crippen molar-refractivity contribution in [2.45, 2.75) is 18.8 Å². The molecular formula is C18H27N5O4. The highest BCUT2D eigenvalue weighted by atomic mass is 16.5. The van der Waals surface area contributed by atoms with Gasteiger partial charge in [-0.3, -0.25) is 19.4 Å². The molecule has 2 aliphatic heterocycles. The van der Waals surface area contributed by atoms with Gasteiger partial charge in [0.15, 0.2) is 0 Å². The minimum absolute atomic E-state index is 0.00744. The maximum atomic E-state index is 12.9. The van der Waals surface area contributed by atoms with E-state index in [2.05, 4.69) is 9.97 Å². The fraction of sp³-hybridized carbons (Fsp3) is 0.667. The molecule has 2 aliphatic rings. The Morgan fingerprint density at radius 2 is 2.15 bits per heavy atom. The highest BCUT2D eigenvalue weighted by Crippen LogP contribution is 2.29. The number of ether oxygens (including phenoxy) is 1. The molecule has 3 rings (SSSR count). The molecule has 2 atom stereocenters. The molecule has 2 saturated heterocycles. The van der Waals surface area contributed by atoms with Crippen molar-refractivity contribution in [1.82, 2.24) is 19.8 Å². The topological polar surface area (TPSA) is 98.8 Å². The average Bonchev–Trinajstić information content (AvgIpc) is 3.26. The monoisotopic (exact) mass is 377 g/mol. The van der Waals surface area contributed by atoms with Gasteiger partial charge in [-0.1, -0.05) is 0 Å². The van der Waals surface area contributed by atoms with Crippen molar-refractivity contribution in [3.8, 4) is 0 Å². The van der Waals surface area contributed by atoms with Gasteiger partial charge in [0.05, 0.1) is 18.2 Å². The Kier molecular flexibility index (Phi) is 5.79. The van der Waals surface area contributed by atoms with Crippen LogP contribution in [0.25, 0.3) is 0 Å². The predicted molar refractivity (Wildman–Crippen MR) is 99.7 cm³/mol. The molecule has 0 aromatic carbocycles. The molecule has 0 aliphatic carbocycles. The summed E-state index contributed by atoms with van der Waals surface area (Å²) in [5.41, 5.74) is 0.519. The van der Waals surface area contributed by atoms with Gasteiger partial charge in [0.1, 0.15) is 0 Å². The lowest BCUT2D eigenvalue weighted by Gasteiger charge is -2.21. The Balaban J connectivity index is 1.64. The van der Waals surface area contributed by atoms with E-state index in [4.69, 9.17) is 4.74 Å². The van der Waals surface area contributed by atoms with E-state index in [9.17, 15) is 14.4 Å². The minimum Gasteiger partial charge on any atom is -0.383 e. The number of carbonyl (C=O) groups is 2. The number of H-pyrrole nitrogens is 1. The molecule has 2 fully saturated rings. The molecule has 0 bridgehead atoms. The van der Waals surface area contributed by atoms with Crippen LogP contribution >= 0.6 is 0 Å². The lowest BCUT2D eigenvalue weighted by molar-refractivity contribution is -0.134. The Labute approximate surface area is 158 Å². The Morgan fingerprint density at radius 1 is 1.37 bits per heavy atom. The zero-order valence-corrected chi connectivity index (χ0v) is 16.1. The van der Waals surface area contributed by atoms with Crippen LogP contribution in [0.15, 0.2) is 10.9 Å². The summed E-state index contributed by atoms with van der Waals surface area (Å²) in [6.07, 6.45) is 1.03. The summed E-state index contributed by atoms with van der Waals surface area (Å²) in [5.74, 6) is 0.281. The SMILES string of the molecule is COCCN1CC(C(=O)N2CCC(c3cc(=O)[nH]c(N(C)C)n3)C2)CC1=O. The van der Waals surface area contributed by atoms with Crippen LogP contribution in [-0.2, 0) is 14.3 Å². The summed E-state index contributed by atoms with van der Waals surface area (Å²) in [7, 11) is 5.23. The van der Waals surface area contributed by atoms with Crippen LogP contribution in [0, 0.1) is 5.92 Å². The van der Waals surface area contributed by atoms with Crippen molar-refractivity contribution in [1.29, 1.82) is 0 Å². The molecule has 27 heavy (non-hydrogen) atoms. The third-order valence-electron chi connectivity index (χ3n) is 5.22. The molecule has 9 nitrogen and oxygen atoms in total. The summed E-state index contributed by atoms with van der Waals surface area (Å²) in [6.45, 7) is 2.60. The molecule has 1 aromatic heterocycles. The largest absolute Gasteiger partial charge is 0.383 e. The number of nitrogens with zero attached hydrogens (tertiary/aromatic N) is 4. The highest BCUT2D eigenvalue weighted by Gasteiger charge is 2.38. The van der Waals surface area contributed by atoms with E-state index in [1.54, 1.807) is 21.8 Å². The van der Waals surface area contributed by atoms with Crippen molar-refractivity contribution in [2.75, 3.05) is 58.9 Å². The van der Waals surface area contributed by atoms with Crippen molar-refractivity contribution in [2.24, 2.45) is 5.92 Å². The van der Waals surface area contributed by atoms with Gasteiger partial charge in [0.25, 0.3) is 5.56 Å². The number of methoxy groups -OCH3 is 1. The smallest absolute Gasteiger partial charge is 0.252 e. The Morgan fingerprint density at radius 3 is 2.85 bits per heavy atom. The summed E-state index contributed by atoms with van der Waals surface area (Å²) in [6, 6.07) is 1.51. The van der Waals surface area contributed by atoms with Crippen LogP contribution in [0.2, 0.25) is 0 Å². The molecule has 0 radical (unpaired) electrons. The van der Waals surface area contributed by atoms with Gasteiger partial charge in [-0.05, 0) is 6.42 Å². The quantitative estimate of drug-likeness (QED) is 0.727. The number of aromatic amines is 1. The van der Waals surface area contributed by atoms with E-state index in [-0.39, 0.29) is 35.6 Å². The van der Waals surface area contributed by atoms with Gasteiger partial charge < -0.3 is 19.4 Å². The third kappa shape index (κ3) is 4.29. The van der Waals surface area contributed by atoms with E-state index >= 15 is 0 Å². The zero-order chi connectivity index (χ0) is 19.6. The van der Waals surface area contributed by atoms with Crippen LogP contribution in [0.4, 0.5) is 5.95 Å². The van der Waals surface area contributed by atoms with Gasteiger partial charge >= 0.3 is 0 Å². The lowest BCUT2D eigenvalue weighted by Crippen LogP contribution is -2.36. The van der Waals surface area contributed by atoms with Gasteiger partial charge in [-0.25, -0.2) is 4.98 Å². The number of carbonyl (C=O) groups excluding carboxylic acids is 2. The molecule has 3 heterocycles. The molecular weight excluding hydrogens is 350 g/mol. The fourth-order valence-electron chi connectivity index (χ4n) is 3.70. The summed E-state index contributed by atoms with van der Waals surface area (Å²) < 4.78 is 5.02. The molecule has 0 spiro atoms. The number of rotatable bonds is 6. The first kappa shape index (κ1) is 19.3. The molecule has 2 amide bonds. The fourth-order valence-corrected chi connectivity index (χ4v) is 3.70. The second-order valence-electron chi connectivity index (χ2n) is 7.39. The Hall–Kier alpha value is -2.42. The van der Waals surface area contributed by atoms with E-state index in [0.717, 1.165) is 6.42 Å². The van der Waals surface area contributed by atoms with Gasteiger partial charge in [-0.2, -0.15) is 0 Å². The van der Waals surface area contributed by atoms with Crippen LogP contribution in [0.1, 0.15) is 24.5 Å². The maximum Gasteiger partial charge on any atom is 0.252 e. The number of likely N-dealkylation sites (tertiary alicyclic amines) is 2. The molecule has 1 aromatic rings. The average molecular weight is 377 g/mol. The summed E-state index contributed by atoms with van der Waals surface area (Å²) >= 11 is 0. The molecule has 9 heteroatoms. The van der Waals surface area contributed by atoms with Gasteiger partial charge in [0, 0.05) is 65.8 Å².